The van der Waals surface area contributed by atoms with E-state index in [4.69, 9.17) is 4.74 Å². The van der Waals surface area contributed by atoms with E-state index in [9.17, 15) is 0 Å². The van der Waals surface area contributed by atoms with Crippen LogP contribution >= 0.6 is 15.9 Å². The van der Waals surface area contributed by atoms with Gasteiger partial charge in [-0.2, -0.15) is 18.2 Å². The Labute approximate surface area is 101 Å². The van der Waals surface area contributed by atoms with Gasteiger partial charge in [-0.15, -0.1) is 12.1 Å². The Morgan fingerprint density at radius 3 is 2.82 bits per heavy atom. The first-order chi connectivity index (χ1) is 4.93. The summed E-state index contributed by atoms with van der Waals surface area (Å²) in [5, 5.41) is 0.857. The maximum atomic E-state index is 5.25. The van der Waals surface area contributed by atoms with Crippen molar-refractivity contribution in [2.24, 2.45) is 0 Å². The van der Waals surface area contributed by atoms with Gasteiger partial charge in [0.05, 0.1) is 6.61 Å². The van der Waals surface area contributed by atoms with Gasteiger partial charge in [-0.3, -0.25) is 0 Å². The second kappa shape index (κ2) is 7.26. The molecule has 0 amide bonds. The van der Waals surface area contributed by atoms with E-state index in [-0.39, 0.29) is 32.7 Å². The van der Waals surface area contributed by atoms with Gasteiger partial charge in [0.2, 0.25) is 0 Å². The Bertz CT molecular complexity index is 179. The van der Waals surface area contributed by atoms with Crippen LogP contribution in [0.3, 0.4) is 0 Å². The Hall–Kier alpha value is 0.604. The van der Waals surface area contributed by atoms with Gasteiger partial charge < -0.3 is 4.74 Å². The van der Waals surface area contributed by atoms with Crippen molar-refractivity contribution in [1.82, 2.24) is 0 Å². The maximum Gasteiger partial charge on any atom is 0.0947 e. The number of benzene rings is 1. The van der Waals surface area contributed by atoms with Crippen LogP contribution in [0.4, 0.5) is 0 Å². The zero-order valence-electron chi connectivity index (χ0n) is 6.09. The average molecular weight is 289 g/mol. The van der Waals surface area contributed by atoms with Crippen LogP contribution < -0.4 is 4.74 Å². The molecule has 1 rings (SSSR count). The topological polar surface area (TPSA) is 9.23 Å². The summed E-state index contributed by atoms with van der Waals surface area (Å²) in [6, 6.07) is 10.5. The second-order valence-electron chi connectivity index (χ2n) is 1.76. The van der Waals surface area contributed by atoms with Crippen molar-refractivity contribution >= 4 is 15.9 Å². The summed E-state index contributed by atoms with van der Waals surface area (Å²) < 4.78 is 5.25. The fraction of sp³-hybridized carbons (Fsp3) is 0.250. The molecule has 0 saturated heterocycles. The quantitative estimate of drug-likeness (QED) is 0.612. The molecule has 1 radical (unpaired) electrons. The largest absolute Gasteiger partial charge is 0.519 e. The number of hydrogen-bond acceptors (Lipinski definition) is 1. The first kappa shape index (κ1) is 11.6. The van der Waals surface area contributed by atoms with Crippen molar-refractivity contribution in [3.63, 3.8) is 0 Å². The van der Waals surface area contributed by atoms with Gasteiger partial charge in [0.15, 0.2) is 0 Å². The van der Waals surface area contributed by atoms with Crippen LogP contribution in [0.2, 0.25) is 0 Å². The van der Waals surface area contributed by atoms with E-state index in [2.05, 4.69) is 22.0 Å². The number of ether oxygens (including phenoxy) is 1. The SMILES string of the molecule is BrCCOc1[c-]cccc1.[Y]. The summed E-state index contributed by atoms with van der Waals surface area (Å²) in [6.45, 7) is 0.695. The van der Waals surface area contributed by atoms with E-state index in [1.165, 1.54) is 0 Å². The number of rotatable bonds is 3. The molecule has 0 bridgehead atoms. The molecule has 1 nitrogen and oxygen atoms in total. The molecule has 0 aromatic heterocycles. The number of hydrogen-bond donors (Lipinski definition) is 0. The molecule has 0 aliphatic rings. The number of alkyl halides is 1. The third kappa shape index (κ3) is 4.94. The van der Waals surface area contributed by atoms with Crippen molar-refractivity contribution in [2.75, 3.05) is 11.9 Å². The third-order valence-corrected chi connectivity index (χ3v) is 1.34. The normalized spacial score (nSPS) is 8.45. The summed E-state index contributed by atoms with van der Waals surface area (Å²) >= 11 is 3.27. The molecule has 3 heteroatoms. The zero-order valence-corrected chi connectivity index (χ0v) is 10.5. The molecule has 0 N–H and O–H groups in total. The smallest absolute Gasteiger partial charge is 0.0947 e. The summed E-state index contributed by atoms with van der Waals surface area (Å²) in [4.78, 5) is 0. The van der Waals surface area contributed by atoms with E-state index in [0.29, 0.717) is 6.61 Å². The van der Waals surface area contributed by atoms with Crippen LogP contribution in [-0.4, -0.2) is 11.9 Å². The number of halogens is 1. The molecular formula is C8H8BrOY-. The Balaban J connectivity index is 0.000001000. The maximum absolute atomic E-state index is 5.25. The second-order valence-corrected chi connectivity index (χ2v) is 2.56. The zero-order chi connectivity index (χ0) is 7.23. The summed E-state index contributed by atoms with van der Waals surface area (Å²) in [7, 11) is 0. The standard InChI is InChI=1S/C8H8BrO.Y/c9-6-7-10-8-4-2-1-3-5-8;/h1-4H,6-7H2;/q-1;. The third-order valence-electron chi connectivity index (χ3n) is 1.02. The van der Waals surface area contributed by atoms with E-state index in [1.807, 2.05) is 24.3 Å². The molecule has 0 spiro atoms. The Kier molecular flexibility index (Phi) is 7.66. The van der Waals surface area contributed by atoms with Crippen LogP contribution in [0.25, 0.3) is 0 Å². The van der Waals surface area contributed by atoms with Crippen LogP contribution in [0, 0.1) is 6.07 Å². The van der Waals surface area contributed by atoms with E-state index >= 15 is 0 Å². The van der Waals surface area contributed by atoms with Crippen molar-refractivity contribution in [2.45, 2.75) is 0 Å². The molecule has 0 fully saturated rings. The van der Waals surface area contributed by atoms with Gasteiger partial charge in [0, 0.05) is 43.8 Å². The van der Waals surface area contributed by atoms with Crippen molar-refractivity contribution in [3.8, 4) is 5.75 Å². The fourth-order valence-electron chi connectivity index (χ4n) is 0.615. The molecule has 0 atom stereocenters. The Morgan fingerprint density at radius 2 is 2.27 bits per heavy atom. The minimum absolute atomic E-state index is 0. The van der Waals surface area contributed by atoms with Crippen LogP contribution in [0.1, 0.15) is 0 Å². The molecule has 1 aromatic rings. The van der Waals surface area contributed by atoms with Gasteiger partial charge in [-0.05, 0) is 0 Å². The molecule has 11 heavy (non-hydrogen) atoms. The Morgan fingerprint density at radius 1 is 1.45 bits per heavy atom. The predicted octanol–water partition coefficient (Wildman–Crippen LogP) is 2.26. The minimum atomic E-state index is 0. The van der Waals surface area contributed by atoms with E-state index in [1.54, 1.807) is 0 Å². The first-order valence-corrected chi connectivity index (χ1v) is 4.21. The molecule has 1 aromatic carbocycles. The molecule has 0 saturated carbocycles. The van der Waals surface area contributed by atoms with Crippen molar-refractivity contribution in [1.29, 1.82) is 0 Å². The molecule has 0 aliphatic heterocycles. The number of para-hydroxylation sites is 1. The molecule has 0 heterocycles. The summed E-state index contributed by atoms with van der Waals surface area (Å²) in [5.41, 5.74) is 0. The van der Waals surface area contributed by atoms with Crippen LogP contribution in [0.5, 0.6) is 5.75 Å². The van der Waals surface area contributed by atoms with Gasteiger partial charge in [-0.25, -0.2) is 0 Å². The van der Waals surface area contributed by atoms with Gasteiger partial charge >= 0.3 is 0 Å². The molecule has 0 unspecified atom stereocenters. The molecular weight excluding hydrogens is 281 g/mol. The predicted molar refractivity (Wildman–Crippen MR) is 44.6 cm³/mol. The summed E-state index contributed by atoms with van der Waals surface area (Å²) in [5.74, 6) is 0.807. The van der Waals surface area contributed by atoms with Gasteiger partial charge in [0.1, 0.15) is 0 Å². The van der Waals surface area contributed by atoms with Gasteiger partial charge in [0.25, 0.3) is 0 Å². The van der Waals surface area contributed by atoms with Crippen LogP contribution in [0.15, 0.2) is 24.3 Å². The molecule has 0 aliphatic carbocycles. The van der Waals surface area contributed by atoms with E-state index in [0.717, 1.165) is 11.1 Å². The van der Waals surface area contributed by atoms with Crippen LogP contribution in [-0.2, 0) is 32.7 Å². The molecule has 57 valence electrons. The van der Waals surface area contributed by atoms with E-state index < -0.39 is 0 Å². The average Bonchev–Trinajstić information content (AvgIpc) is 2.03. The van der Waals surface area contributed by atoms with Crippen molar-refractivity contribution < 1.29 is 37.4 Å². The van der Waals surface area contributed by atoms with Crippen molar-refractivity contribution in [3.05, 3.63) is 30.3 Å². The minimum Gasteiger partial charge on any atom is -0.519 e. The summed E-state index contributed by atoms with van der Waals surface area (Å²) in [6.07, 6.45) is 0. The monoisotopic (exact) mass is 288 g/mol. The fourth-order valence-corrected chi connectivity index (χ4v) is 0.777. The first-order valence-electron chi connectivity index (χ1n) is 3.09. The van der Waals surface area contributed by atoms with Gasteiger partial charge in [-0.1, -0.05) is 15.9 Å².